The molecule has 0 aliphatic carbocycles. The maximum absolute atomic E-state index is 12.1. The molecule has 0 aromatic heterocycles. The largest absolute Gasteiger partial charge is 0.376 e. The molecule has 0 bridgehead atoms. The highest BCUT2D eigenvalue weighted by atomic mass is 16.5. The van der Waals surface area contributed by atoms with Gasteiger partial charge in [0.15, 0.2) is 0 Å². The zero-order valence-corrected chi connectivity index (χ0v) is 11.4. The zero-order valence-electron chi connectivity index (χ0n) is 11.4. The molecule has 4 nitrogen and oxygen atoms in total. The van der Waals surface area contributed by atoms with E-state index in [1.807, 2.05) is 37.4 Å². The van der Waals surface area contributed by atoms with Crippen molar-refractivity contribution < 1.29 is 9.53 Å². The van der Waals surface area contributed by atoms with Crippen LogP contribution in [0.4, 0.5) is 0 Å². The van der Waals surface area contributed by atoms with Crippen LogP contribution in [0, 0.1) is 0 Å². The van der Waals surface area contributed by atoms with Crippen LogP contribution in [0.1, 0.15) is 18.4 Å². The summed E-state index contributed by atoms with van der Waals surface area (Å²) in [6.45, 7) is 1.44. The Bertz CT molecular complexity index is 388. The lowest BCUT2D eigenvalue weighted by Crippen LogP contribution is -2.46. The first-order valence-corrected chi connectivity index (χ1v) is 6.90. The van der Waals surface area contributed by atoms with Gasteiger partial charge in [-0.25, -0.2) is 0 Å². The second kappa shape index (κ2) is 7.26. The molecule has 1 fully saturated rings. The van der Waals surface area contributed by atoms with Crippen LogP contribution in [0.15, 0.2) is 30.3 Å². The predicted octanol–water partition coefficient (Wildman–Crippen LogP) is 1.11. The first-order chi connectivity index (χ1) is 9.29. The molecule has 2 atom stereocenters. The lowest BCUT2D eigenvalue weighted by Gasteiger charge is -2.18. The van der Waals surface area contributed by atoms with Crippen molar-refractivity contribution in [3.05, 3.63) is 35.9 Å². The van der Waals surface area contributed by atoms with Crippen molar-refractivity contribution >= 4 is 5.91 Å². The third kappa shape index (κ3) is 4.33. The van der Waals surface area contributed by atoms with E-state index in [9.17, 15) is 4.79 Å². The Morgan fingerprint density at radius 2 is 2.21 bits per heavy atom. The summed E-state index contributed by atoms with van der Waals surface area (Å²) in [4.78, 5) is 12.1. The van der Waals surface area contributed by atoms with Crippen LogP contribution in [0.5, 0.6) is 0 Å². The van der Waals surface area contributed by atoms with Gasteiger partial charge in [-0.15, -0.1) is 0 Å². The number of hydrogen-bond donors (Lipinski definition) is 2. The Morgan fingerprint density at radius 3 is 2.84 bits per heavy atom. The fourth-order valence-electron chi connectivity index (χ4n) is 2.32. The van der Waals surface area contributed by atoms with Crippen molar-refractivity contribution in [2.24, 2.45) is 0 Å². The first-order valence-electron chi connectivity index (χ1n) is 6.90. The van der Waals surface area contributed by atoms with E-state index in [0.29, 0.717) is 13.0 Å². The van der Waals surface area contributed by atoms with E-state index in [2.05, 4.69) is 10.6 Å². The number of amides is 1. The maximum atomic E-state index is 12.1. The molecule has 2 N–H and O–H groups in total. The molecule has 1 heterocycles. The van der Waals surface area contributed by atoms with Crippen molar-refractivity contribution in [1.29, 1.82) is 0 Å². The van der Waals surface area contributed by atoms with Crippen LogP contribution < -0.4 is 10.6 Å². The lowest BCUT2D eigenvalue weighted by molar-refractivity contribution is -0.123. The summed E-state index contributed by atoms with van der Waals surface area (Å²) in [5.74, 6) is 0.0434. The number of nitrogens with one attached hydrogen (secondary N) is 2. The number of likely N-dealkylation sites (N-methyl/N-ethyl adjacent to an activating group) is 1. The molecule has 19 heavy (non-hydrogen) atoms. The molecule has 1 saturated heterocycles. The normalized spacial score (nSPS) is 20.2. The Hall–Kier alpha value is -1.39. The number of hydrogen-bond acceptors (Lipinski definition) is 3. The van der Waals surface area contributed by atoms with Gasteiger partial charge in [0, 0.05) is 13.2 Å². The summed E-state index contributed by atoms with van der Waals surface area (Å²) in [6.07, 6.45) is 3.04. The molecular weight excluding hydrogens is 240 g/mol. The minimum absolute atomic E-state index is 0.0434. The minimum atomic E-state index is -0.191. The van der Waals surface area contributed by atoms with Gasteiger partial charge in [0.05, 0.1) is 12.1 Å². The van der Waals surface area contributed by atoms with Crippen molar-refractivity contribution in [3.63, 3.8) is 0 Å². The van der Waals surface area contributed by atoms with Crippen LogP contribution >= 0.6 is 0 Å². The van der Waals surface area contributed by atoms with Gasteiger partial charge in [-0.1, -0.05) is 30.3 Å². The first kappa shape index (κ1) is 14.0. The Labute approximate surface area is 114 Å². The molecule has 1 aliphatic rings. The van der Waals surface area contributed by atoms with E-state index >= 15 is 0 Å². The average molecular weight is 262 g/mol. The molecule has 1 aliphatic heterocycles. The lowest BCUT2D eigenvalue weighted by atomic mass is 10.1. The fraction of sp³-hybridized carbons (Fsp3) is 0.533. The van der Waals surface area contributed by atoms with Crippen molar-refractivity contribution in [3.8, 4) is 0 Å². The predicted molar refractivity (Wildman–Crippen MR) is 75.0 cm³/mol. The van der Waals surface area contributed by atoms with Crippen LogP contribution in [-0.2, 0) is 16.0 Å². The van der Waals surface area contributed by atoms with Gasteiger partial charge in [0.1, 0.15) is 0 Å². The van der Waals surface area contributed by atoms with Crippen molar-refractivity contribution in [2.45, 2.75) is 31.4 Å². The minimum Gasteiger partial charge on any atom is -0.376 e. The molecule has 104 valence electrons. The molecule has 1 amide bonds. The number of rotatable bonds is 6. The second-order valence-corrected chi connectivity index (χ2v) is 4.91. The van der Waals surface area contributed by atoms with E-state index in [4.69, 9.17) is 4.74 Å². The molecule has 0 spiro atoms. The van der Waals surface area contributed by atoms with Crippen LogP contribution in [0.25, 0.3) is 0 Å². The summed E-state index contributed by atoms with van der Waals surface area (Å²) in [6, 6.07) is 9.85. The molecule has 1 aromatic carbocycles. The topological polar surface area (TPSA) is 50.4 Å². The second-order valence-electron chi connectivity index (χ2n) is 4.91. The molecule has 0 radical (unpaired) electrons. The van der Waals surface area contributed by atoms with Gasteiger partial charge >= 0.3 is 0 Å². The SMILES string of the molecule is CNC(Cc1ccccc1)C(=O)NCC1CCCO1. The quantitative estimate of drug-likeness (QED) is 0.807. The smallest absolute Gasteiger partial charge is 0.237 e. The highest BCUT2D eigenvalue weighted by molar-refractivity contribution is 5.82. The highest BCUT2D eigenvalue weighted by Crippen LogP contribution is 2.10. The van der Waals surface area contributed by atoms with E-state index in [-0.39, 0.29) is 18.1 Å². The number of carbonyl (C=O) groups is 1. The molecule has 0 saturated carbocycles. The molecule has 2 unspecified atom stereocenters. The maximum Gasteiger partial charge on any atom is 0.237 e. The average Bonchev–Trinajstić information content (AvgIpc) is 2.96. The molecular formula is C15H22N2O2. The van der Waals surface area contributed by atoms with Gasteiger partial charge in [-0.2, -0.15) is 0 Å². The Kier molecular flexibility index (Phi) is 5.36. The van der Waals surface area contributed by atoms with E-state index in [0.717, 1.165) is 25.0 Å². The Balaban J connectivity index is 1.81. The zero-order chi connectivity index (χ0) is 13.5. The summed E-state index contributed by atoms with van der Waals surface area (Å²) < 4.78 is 5.50. The monoisotopic (exact) mass is 262 g/mol. The van der Waals surface area contributed by atoms with Gasteiger partial charge < -0.3 is 15.4 Å². The molecule has 2 rings (SSSR count). The summed E-state index contributed by atoms with van der Waals surface area (Å²) in [5.41, 5.74) is 1.16. The van der Waals surface area contributed by atoms with Gasteiger partial charge in [0.25, 0.3) is 0 Å². The number of benzene rings is 1. The van der Waals surface area contributed by atoms with E-state index in [1.165, 1.54) is 0 Å². The van der Waals surface area contributed by atoms with Crippen LogP contribution in [-0.4, -0.2) is 38.3 Å². The summed E-state index contributed by atoms with van der Waals surface area (Å²) >= 11 is 0. The summed E-state index contributed by atoms with van der Waals surface area (Å²) in [7, 11) is 1.82. The summed E-state index contributed by atoms with van der Waals surface area (Å²) in [5, 5.41) is 6.04. The third-order valence-electron chi connectivity index (χ3n) is 3.48. The van der Waals surface area contributed by atoms with Crippen LogP contribution in [0.3, 0.4) is 0 Å². The third-order valence-corrected chi connectivity index (χ3v) is 3.48. The van der Waals surface area contributed by atoms with E-state index < -0.39 is 0 Å². The standard InChI is InChI=1S/C15H22N2O2/c1-16-14(10-12-6-3-2-4-7-12)15(18)17-11-13-8-5-9-19-13/h2-4,6-7,13-14,16H,5,8-11H2,1H3,(H,17,18). The number of ether oxygens (including phenoxy) is 1. The van der Waals surface area contributed by atoms with Crippen LogP contribution in [0.2, 0.25) is 0 Å². The molecule has 4 heteroatoms. The Morgan fingerprint density at radius 1 is 1.42 bits per heavy atom. The van der Waals surface area contributed by atoms with Crippen molar-refractivity contribution in [1.82, 2.24) is 10.6 Å². The van der Waals surface area contributed by atoms with E-state index in [1.54, 1.807) is 0 Å². The number of carbonyl (C=O) groups excluding carboxylic acids is 1. The van der Waals surface area contributed by atoms with Crippen molar-refractivity contribution in [2.75, 3.05) is 20.2 Å². The van der Waals surface area contributed by atoms with Gasteiger partial charge in [-0.05, 0) is 31.9 Å². The van der Waals surface area contributed by atoms with Gasteiger partial charge in [0.2, 0.25) is 5.91 Å². The highest BCUT2D eigenvalue weighted by Gasteiger charge is 2.20. The van der Waals surface area contributed by atoms with Gasteiger partial charge in [-0.3, -0.25) is 4.79 Å². The fourth-order valence-corrected chi connectivity index (χ4v) is 2.32. The molecule has 1 aromatic rings.